The summed E-state index contributed by atoms with van der Waals surface area (Å²) in [5.41, 5.74) is 2.32. The van der Waals surface area contributed by atoms with Gasteiger partial charge in [-0.25, -0.2) is 0 Å². The van der Waals surface area contributed by atoms with Gasteiger partial charge in [-0.1, -0.05) is 41.9 Å². The number of halogens is 1. The summed E-state index contributed by atoms with van der Waals surface area (Å²) in [5.74, 6) is 0.304. The highest BCUT2D eigenvalue weighted by molar-refractivity contribution is 6.31. The van der Waals surface area contributed by atoms with Gasteiger partial charge in [0.15, 0.2) is 0 Å². The number of phenolic OH excluding ortho intramolecular Hbond substituents is 1. The molecule has 0 aliphatic carbocycles. The molecule has 0 heterocycles. The number of hydrogen-bond donors (Lipinski definition) is 2. The Morgan fingerprint density at radius 3 is 2.35 bits per heavy atom. The average molecular weight is 290 g/mol. The second kappa shape index (κ2) is 6.78. The molecule has 2 aromatic carbocycles. The zero-order valence-electron chi connectivity index (χ0n) is 11.8. The molecule has 2 atom stereocenters. The predicted octanol–water partition coefficient (Wildman–Crippen LogP) is 4.33. The Labute approximate surface area is 125 Å². The van der Waals surface area contributed by atoms with Gasteiger partial charge in [-0.2, -0.15) is 0 Å². The van der Waals surface area contributed by atoms with E-state index < -0.39 is 0 Å². The van der Waals surface area contributed by atoms with Gasteiger partial charge in [0.25, 0.3) is 0 Å². The van der Waals surface area contributed by atoms with E-state index >= 15 is 0 Å². The number of hydrogen-bond acceptors (Lipinski definition) is 2. The van der Waals surface area contributed by atoms with Crippen molar-refractivity contribution in [2.24, 2.45) is 0 Å². The Morgan fingerprint density at radius 2 is 1.70 bits per heavy atom. The largest absolute Gasteiger partial charge is 0.508 e. The molecule has 2 N–H and O–H groups in total. The summed E-state index contributed by atoms with van der Waals surface area (Å²) in [5, 5.41) is 13.6. The molecule has 0 aromatic heterocycles. The van der Waals surface area contributed by atoms with Crippen LogP contribution in [0.15, 0.2) is 48.5 Å². The van der Waals surface area contributed by atoms with Crippen molar-refractivity contribution in [3.8, 4) is 5.75 Å². The van der Waals surface area contributed by atoms with Gasteiger partial charge in [0.1, 0.15) is 5.75 Å². The number of aromatic hydroxyl groups is 1. The molecule has 0 amide bonds. The summed E-state index contributed by atoms with van der Waals surface area (Å²) in [6.07, 6.45) is 0.912. The molecular weight excluding hydrogens is 270 g/mol. The minimum Gasteiger partial charge on any atom is -0.508 e. The van der Waals surface area contributed by atoms with Gasteiger partial charge >= 0.3 is 0 Å². The van der Waals surface area contributed by atoms with Crippen molar-refractivity contribution in [1.29, 1.82) is 0 Å². The summed E-state index contributed by atoms with van der Waals surface area (Å²) < 4.78 is 0. The second-order valence-corrected chi connectivity index (χ2v) is 5.59. The highest BCUT2D eigenvalue weighted by atomic mass is 35.5. The van der Waals surface area contributed by atoms with Crippen molar-refractivity contribution in [1.82, 2.24) is 5.32 Å². The Kier molecular flexibility index (Phi) is 5.05. The normalized spacial score (nSPS) is 13.9. The van der Waals surface area contributed by atoms with E-state index in [1.807, 2.05) is 36.4 Å². The van der Waals surface area contributed by atoms with Crippen molar-refractivity contribution < 1.29 is 5.11 Å². The topological polar surface area (TPSA) is 32.3 Å². The molecule has 3 heteroatoms. The van der Waals surface area contributed by atoms with Crippen molar-refractivity contribution in [3.05, 3.63) is 64.7 Å². The van der Waals surface area contributed by atoms with Gasteiger partial charge in [0, 0.05) is 17.1 Å². The Morgan fingerprint density at radius 1 is 1.05 bits per heavy atom. The summed E-state index contributed by atoms with van der Waals surface area (Å²) >= 11 is 6.21. The van der Waals surface area contributed by atoms with Crippen LogP contribution in [0.1, 0.15) is 31.0 Å². The lowest BCUT2D eigenvalue weighted by molar-refractivity contribution is 0.470. The number of rotatable bonds is 5. The van der Waals surface area contributed by atoms with Crippen molar-refractivity contribution >= 4 is 11.6 Å². The lowest BCUT2D eigenvalue weighted by Gasteiger charge is -2.21. The minimum atomic E-state index is 0.204. The molecular formula is C17H20ClNO. The fraction of sp³-hybridized carbons (Fsp3) is 0.294. The monoisotopic (exact) mass is 289 g/mol. The molecule has 0 aliphatic rings. The molecule has 2 aromatic rings. The predicted molar refractivity (Wildman–Crippen MR) is 84.3 cm³/mol. The molecule has 2 rings (SSSR count). The first-order chi connectivity index (χ1) is 9.56. The molecule has 106 valence electrons. The zero-order chi connectivity index (χ0) is 14.5. The molecule has 0 fully saturated rings. The van der Waals surface area contributed by atoms with Gasteiger partial charge in [-0.3, -0.25) is 0 Å². The molecule has 1 unspecified atom stereocenters. The zero-order valence-corrected chi connectivity index (χ0v) is 12.6. The average Bonchev–Trinajstić information content (AvgIpc) is 2.41. The van der Waals surface area contributed by atoms with Gasteiger partial charge in [-0.15, -0.1) is 0 Å². The SMILES string of the molecule is CC(Cc1ccc(O)cc1)N[C@@H](C)c1ccccc1Cl. The van der Waals surface area contributed by atoms with Crippen LogP contribution in [0.25, 0.3) is 0 Å². The third-order valence-corrected chi connectivity index (χ3v) is 3.73. The van der Waals surface area contributed by atoms with E-state index in [4.69, 9.17) is 11.6 Å². The summed E-state index contributed by atoms with van der Waals surface area (Å²) in [7, 11) is 0. The summed E-state index contributed by atoms with van der Waals surface area (Å²) in [6.45, 7) is 4.27. The van der Waals surface area contributed by atoms with E-state index in [0.717, 1.165) is 17.0 Å². The van der Waals surface area contributed by atoms with E-state index in [1.165, 1.54) is 5.56 Å². The van der Waals surface area contributed by atoms with Crippen LogP contribution in [-0.2, 0) is 6.42 Å². The number of benzene rings is 2. The molecule has 0 saturated carbocycles. The van der Waals surface area contributed by atoms with Gasteiger partial charge in [0.05, 0.1) is 0 Å². The smallest absolute Gasteiger partial charge is 0.115 e. The third kappa shape index (κ3) is 3.99. The third-order valence-electron chi connectivity index (χ3n) is 3.38. The molecule has 0 saturated heterocycles. The number of phenols is 1. The first kappa shape index (κ1) is 14.9. The molecule has 0 spiro atoms. The standard InChI is InChI=1S/C17H20ClNO/c1-12(11-14-7-9-15(20)10-8-14)19-13(2)16-5-3-4-6-17(16)18/h3-10,12-13,19-20H,11H2,1-2H3/t12?,13-/m0/s1. The first-order valence-corrected chi connectivity index (χ1v) is 7.22. The van der Waals surface area contributed by atoms with Gasteiger partial charge < -0.3 is 10.4 Å². The maximum atomic E-state index is 9.29. The number of nitrogens with one attached hydrogen (secondary N) is 1. The molecule has 20 heavy (non-hydrogen) atoms. The van der Waals surface area contributed by atoms with Crippen LogP contribution in [0.4, 0.5) is 0 Å². The minimum absolute atomic E-state index is 0.204. The van der Waals surface area contributed by atoms with Gasteiger partial charge in [0.2, 0.25) is 0 Å². The second-order valence-electron chi connectivity index (χ2n) is 5.18. The maximum Gasteiger partial charge on any atom is 0.115 e. The lowest BCUT2D eigenvalue weighted by atomic mass is 10.0. The van der Waals surface area contributed by atoms with E-state index in [1.54, 1.807) is 12.1 Å². The van der Waals surface area contributed by atoms with Crippen molar-refractivity contribution in [3.63, 3.8) is 0 Å². The molecule has 0 aliphatic heterocycles. The first-order valence-electron chi connectivity index (χ1n) is 6.84. The van der Waals surface area contributed by atoms with Crippen LogP contribution in [0.3, 0.4) is 0 Å². The van der Waals surface area contributed by atoms with Crippen molar-refractivity contribution in [2.75, 3.05) is 0 Å². The highest BCUT2D eigenvalue weighted by Crippen LogP contribution is 2.23. The maximum absolute atomic E-state index is 9.29. The van der Waals surface area contributed by atoms with Crippen LogP contribution < -0.4 is 5.32 Å². The van der Waals surface area contributed by atoms with Crippen molar-refractivity contribution in [2.45, 2.75) is 32.4 Å². The van der Waals surface area contributed by atoms with Crippen LogP contribution in [0.2, 0.25) is 5.02 Å². The summed E-state index contributed by atoms with van der Waals surface area (Å²) in [6, 6.07) is 15.8. The lowest BCUT2D eigenvalue weighted by Crippen LogP contribution is -2.30. The fourth-order valence-electron chi connectivity index (χ4n) is 2.39. The van der Waals surface area contributed by atoms with E-state index in [0.29, 0.717) is 11.8 Å². The molecule has 2 nitrogen and oxygen atoms in total. The quantitative estimate of drug-likeness (QED) is 0.859. The van der Waals surface area contributed by atoms with E-state index in [-0.39, 0.29) is 6.04 Å². The summed E-state index contributed by atoms with van der Waals surface area (Å²) in [4.78, 5) is 0. The fourth-order valence-corrected chi connectivity index (χ4v) is 2.69. The van der Waals surface area contributed by atoms with Gasteiger partial charge in [-0.05, 0) is 49.6 Å². The van der Waals surface area contributed by atoms with Crippen LogP contribution in [-0.4, -0.2) is 11.1 Å². The van der Waals surface area contributed by atoms with E-state index in [9.17, 15) is 5.11 Å². The highest BCUT2D eigenvalue weighted by Gasteiger charge is 2.12. The molecule has 0 radical (unpaired) electrons. The van der Waals surface area contributed by atoms with Crippen LogP contribution in [0, 0.1) is 0 Å². The Hall–Kier alpha value is -1.51. The van der Waals surface area contributed by atoms with Crippen LogP contribution >= 0.6 is 11.6 Å². The Bertz CT molecular complexity index is 553. The molecule has 0 bridgehead atoms. The van der Waals surface area contributed by atoms with E-state index in [2.05, 4.69) is 19.2 Å². The Balaban J connectivity index is 1.96. The van der Waals surface area contributed by atoms with Crippen LogP contribution in [0.5, 0.6) is 5.75 Å².